The van der Waals surface area contributed by atoms with Gasteiger partial charge in [0.05, 0.1) is 11.0 Å². The quantitative estimate of drug-likeness (QED) is 0.123. The van der Waals surface area contributed by atoms with Crippen molar-refractivity contribution in [2.24, 2.45) is 0 Å². The van der Waals surface area contributed by atoms with Gasteiger partial charge in [-0.1, -0.05) is 182 Å². The predicted octanol–water partition coefficient (Wildman–Crippen LogP) is 15.6. The molecule has 4 nitrogen and oxygen atoms in total. The summed E-state index contributed by atoms with van der Waals surface area (Å²) < 4.78 is 3.66. The summed E-state index contributed by atoms with van der Waals surface area (Å²) in [5.41, 5.74) is 12.5. The molecule has 0 aliphatic heterocycles. The van der Waals surface area contributed by atoms with Crippen LogP contribution in [-0.4, -0.2) is 9.13 Å². The van der Waals surface area contributed by atoms with Crippen LogP contribution in [0.25, 0.3) is 121 Å². The fourth-order valence-corrected chi connectivity index (χ4v) is 10.6. The molecule has 0 amide bonds. The lowest BCUT2D eigenvalue weighted by Gasteiger charge is -2.18. The Balaban J connectivity index is 0.899. The Morgan fingerprint density at radius 2 is 0.500 bits per heavy atom. The van der Waals surface area contributed by atoms with Crippen molar-refractivity contribution in [1.29, 1.82) is 0 Å². The first-order valence-electron chi connectivity index (χ1n) is 23.0. The number of nitrogens with zero attached hydrogens (tertiary/aromatic N) is 2. The third kappa shape index (κ3) is 6.23. The lowest BCUT2D eigenvalue weighted by molar-refractivity contribution is 1.06. The van der Waals surface area contributed by atoms with Crippen LogP contribution in [0, 0.1) is 0 Å². The molecule has 0 saturated carbocycles. The van der Waals surface area contributed by atoms with E-state index in [0.717, 1.165) is 77.3 Å². The van der Waals surface area contributed by atoms with Gasteiger partial charge in [0.1, 0.15) is 0 Å². The fourth-order valence-electron chi connectivity index (χ4n) is 10.6. The molecule has 0 unspecified atom stereocenters. The fraction of sp³-hybridized carbons (Fsp3) is 0. The minimum Gasteiger partial charge on any atom is -0.276 e. The molecular weight excluding hydrogens is 829 g/mol. The van der Waals surface area contributed by atoms with E-state index in [4.69, 9.17) is 0 Å². The first-order valence-corrected chi connectivity index (χ1v) is 23.0. The van der Waals surface area contributed by atoms with Crippen LogP contribution >= 0.6 is 0 Å². The van der Waals surface area contributed by atoms with Gasteiger partial charge in [0.15, 0.2) is 0 Å². The van der Waals surface area contributed by atoms with Crippen LogP contribution in [-0.2, 0) is 0 Å². The third-order valence-electron chi connectivity index (χ3n) is 13.8. The SMILES string of the molecule is O=c1c2ccccc2c2cc(-c3ccc(-c4c5ccccc5c(-c5ccc(-c6ccc7c(c6)c6ccccc6c(=O)n7-c6ccccc6)cc5)c5ccccc45)cc3)ccc2n1-c1ccccc1. The smallest absolute Gasteiger partial charge is 0.263 e. The Morgan fingerprint density at radius 1 is 0.221 bits per heavy atom. The Kier molecular flexibility index (Phi) is 9.12. The minimum absolute atomic E-state index is 0.0208. The summed E-state index contributed by atoms with van der Waals surface area (Å²) >= 11 is 0. The molecule has 4 heteroatoms. The first kappa shape index (κ1) is 39.3. The van der Waals surface area contributed by atoms with Gasteiger partial charge in [-0.25, -0.2) is 0 Å². The maximum atomic E-state index is 13.9. The van der Waals surface area contributed by atoms with Gasteiger partial charge in [-0.3, -0.25) is 18.7 Å². The second-order valence-electron chi connectivity index (χ2n) is 17.5. The zero-order valence-corrected chi connectivity index (χ0v) is 36.8. The van der Waals surface area contributed by atoms with Gasteiger partial charge in [-0.05, 0) is 137 Å². The summed E-state index contributed by atoms with van der Waals surface area (Å²) in [6.45, 7) is 0. The number of pyridine rings is 2. The van der Waals surface area contributed by atoms with Gasteiger partial charge < -0.3 is 0 Å². The highest BCUT2D eigenvalue weighted by molar-refractivity contribution is 6.21. The molecule has 318 valence electrons. The number of fused-ring (bicyclic) bond motifs is 8. The van der Waals surface area contributed by atoms with Crippen LogP contribution < -0.4 is 11.1 Å². The highest BCUT2D eigenvalue weighted by atomic mass is 16.1. The highest BCUT2D eigenvalue weighted by Gasteiger charge is 2.19. The Morgan fingerprint density at radius 3 is 0.853 bits per heavy atom. The zero-order valence-electron chi connectivity index (χ0n) is 36.8. The normalized spacial score (nSPS) is 11.6. The second kappa shape index (κ2) is 15.8. The monoisotopic (exact) mass is 868 g/mol. The van der Waals surface area contributed by atoms with Gasteiger partial charge in [0, 0.05) is 32.9 Å². The molecule has 13 aromatic rings. The molecular formula is C64H40N2O2. The topological polar surface area (TPSA) is 44.0 Å². The van der Waals surface area contributed by atoms with Crippen molar-refractivity contribution in [1.82, 2.24) is 9.13 Å². The van der Waals surface area contributed by atoms with Crippen molar-refractivity contribution in [3.63, 3.8) is 0 Å². The van der Waals surface area contributed by atoms with Crippen LogP contribution in [0.5, 0.6) is 0 Å². The number of hydrogen-bond donors (Lipinski definition) is 0. The number of benzene rings is 11. The number of rotatable bonds is 6. The van der Waals surface area contributed by atoms with Crippen LogP contribution in [0.3, 0.4) is 0 Å². The molecule has 2 heterocycles. The number of para-hydroxylation sites is 2. The molecule has 0 aliphatic rings. The second-order valence-corrected chi connectivity index (χ2v) is 17.5. The van der Waals surface area contributed by atoms with E-state index in [1.807, 2.05) is 118 Å². The van der Waals surface area contributed by atoms with E-state index < -0.39 is 0 Å². The van der Waals surface area contributed by atoms with E-state index in [2.05, 4.69) is 133 Å². The largest absolute Gasteiger partial charge is 0.276 e. The van der Waals surface area contributed by atoms with E-state index in [1.165, 1.54) is 32.7 Å². The summed E-state index contributed by atoms with van der Waals surface area (Å²) in [5.74, 6) is 0. The third-order valence-corrected chi connectivity index (χ3v) is 13.8. The molecule has 0 N–H and O–H groups in total. The van der Waals surface area contributed by atoms with Gasteiger partial charge in [-0.15, -0.1) is 0 Å². The molecule has 0 atom stereocenters. The van der Waals surface area contributed by atoms with Crippen molar-refractivity contribution in [2.75, 3.05) is 0 Å². The average molecular weight is 869 g/mol. The molecule has 0 fully saturated rings. The maximum absolute atomic E-state index is 13.9. The van der Waals surface area contributed by atoms with Gasteiger partial charge in [-0.2, -0.15) is 0 Å². The Hall–Kier alpha value is -9.12. The first-order chi connectivity index (χ1) is 33.6. The summed E-state index contributed by atoms with van der Waals surface area (Å²) in [7, 11) is 0. The summed E-state index contributed by atoms with van der Waals surface area (Å²) in [4.78, 5) is 27.8. The number of aromatic nitrogens is 2. The lowest BCUT2D eigenvalue weighted by Crippen LogP contribution is -2.19. The zero-order chi connectivity index (χ0) is 45.3. The molecule has 11 aromatic carbocycles. The summed E-state index contributed by atoms with van der Waals surface area (Å²) in [6.07, 6.45) is 0. The molecule has 0 saturated heterocycles. The molecule has 0 radical (unpaired) electrons. The molecule has 0 spiro atoms. The maximum Gasteiger partial charge on any atom is 0.263 e. The van der Waals surface area contributed by atoms with Crippen LogP contribution in [0.15, 0.2) is 252 Å². The van der Waals surface area contributed by atoms with Crippen molar-refractivity contribution in [3.8, 4) is 55.9 Å². The van der Waals surface area contributed by atoms with Crippen molar-refractivity contribution in [2.45, 2.75) is 0 Å². The summed E-state index contributed by atoms with van der Waals surface area (Å²) in [5, 5.41) is 10.1. The van der Waals surface area contributed by atoms with Crippen molar-refractivity contribution >= 4 is 64.9 Å². The van der Waals surface area contributed by atoms with E-state index in [1.54, 1.807) is 0 Å². The molecule has 2 aromatic heterocycles. The van der Waals surface area contributed by atoms with Gasteiger partial charge >= 0.3 is 0 Å². The summed E-state index contributed by atoms with van der Waals surface area (Å²) in [6, 6.07) is 83.9. The van der Waals surface area contributed by atoms with Gasteiger partial charge in [0.25, 0.3) is 11.1 Å². The van der Waals surface area contributed by atoms with Gasteiger partial charge in [0.2, 0.25) is 0 Å². The molecule has 68 heavy (non-hydrogen) atoms. The van der Waals surface area contributed by atoms with Crippen molar-refractivity contribution < 1.29 is 0 Å². The van der Waals surface area contributed by atoms with Crippen LogP contribution in [0.1, 0.15) is 0 Å². The Labute approximate surface area is 391 Å². The standard InChI is InChI=1S/C64H40N2O2/c67-63-55-25-13-7-19-49(55)57-39-45(35-37-59(57)65(63)47-15-3-1-4-16-47)41-27-31-43(32-28-41)61-51-21-9-11-23-53(51)62(54-24-12-10-22-52(54)61)44-33-29-42(30-34-44)46-36-38-60-58(40-46)50-20-8-14-26-56(50)64(68)66(60)48-17-5-2-6-18-48/h1-40H. The lowest BCUT2D eigenvalue weighted by atomic mass is 9.85. The minimum atomic E-state index is -0.0208. The van der Waals surface area contributed by atoms with E-state index in [0.29, 0.717) is 10.8 Å². The molecule has 13 rings (SSSR count). The number of hydrogen-bond acceptors (Lipinski definition) is 2. The van der Waals surface area contributed by atoms with E-state index in [9.17, 15) is 9.59 Å². The van der Waals surface area contributed by atoms with E-state index >= 15 is 0 Å². The predicted molar refractivity (Wildman–Crippen MR) is 284 cm³/mol. The molecule has 0 aliphatic carbocycles. The molecule has 0 bridgehead atoms. The van der Waals surface area contributed by atoms with Crippen LogP contribution in [0.2, 0.25) is 0 Å². The van der Waals surface area contributed by atoms with E-state index in [-0.39, 0.29) is 11.1 Å². The van der Waals surface area contributed by atoms with Crippen molar-refractivity contribution in [3.05, 3.63) is 263 Å². The average Bonchev–Trinajstić information content (AvgIpc) is 3.41. The highest BCUT2D eigenvalue weighted by Crippen LogP contribution is 2.44. The van der Waals surface area contributed by atoms with Crippen LogP contribution in [0.4, 0.5) is 0 Å². The Bertz CT molecular complexity index is 3930.